The first-order chi connectivity index (χ1) is 15.0. The molecule has 0 atom stereocenters. The molecular weight excluding hydrogens is 410 g/mol. The third kappa shape index (κ3) is 4.73. The van der Waals surface area contributed by atoms with Gasteiger partial charge in [-0.05, 0) is 66.8 Å². The lowest BCUT2D eigenvalue weighted by Gasteiger charge is -2.29. The number of carbonyl (C=O) groups excluding carboxylic acids is 1. The van der Waals surface area contributed by atoms with Crippen molar-refractivity contribution >= 4 is 22.4 Å². The predicted molar refractivity (Wildman–Crippen MR) is 123 cm³/mol. The van der Waals surface area contributed by atoms with Gasteiger partial charge in [-0.1, -0.05) is 6.07 Å². The van der Waals surface area contributed by atoms with Crippen LogP contribution in [0.25, 0.3) is 0 Å². The molecule has 4 rings (SSSR count). The second kappa shape index (κ2) is 9.08. The molecule has 162 valence electrons. The van der Waals surface area contributed by atoms with Gasteiger partial charge in [0.05, 0.1) is 19.9 Å². The van der Waals surface area contributed by atoms with Crippen LogP contribution in [0.2, 0.25) is 0 Å². The van der Waals surface area contributed by atoms with E-state index in [4.69, 9.17) is 9.47 Å². The quantitative estimate of drug-likeness (QED) is 0.611. The first-order valence-electron chi connectivity index (χ1n) is 10.3. The number of hydrogen-bond donors (Lipinski definition) is 1. The Kier molecular flexibility index (Phi) is 6.25. The minimum Gasteiger partial charge on any atom is -0.493 e. The zero-order valence-electron chi connectivity index (χ0n) is 18.3. The Balaban J connectivity index is 1.40. The van der Waals surface area contributed by atoms with E-state index < -0.39 is 0 Å². The predicted octanol–water partition coefficient (Wildman–Crippen LogP) is 4.59. The number of carbonyl (C=O) groups is 1. The van der Waals surface area contributed by atoms with Crippen molar-refractivity contribution in [3.63, 3.8) is 0 Å². The summed E-state index contributed by atoms with van der Waals surface area (Å²) in [7, 11) is 3.33. The maximum absolute atomic E-state index is 12.5. The van der Waals surface area contributed by atoms with E-state index in [0.717, 1.165) is 48.8 Å². The highest BCUT2D eigenvalue weighted by atomic mass is 32.1. The van der Waals surface area contributed by atoms with Crippen molar-refractivity contribution < 1.29 is 14.3 Å². The van der Waals surface area contributed by atoms with Crippen LogP contribution >= 0.6 is 11.3 Å². The number of thiazole rings is 1. The fourth-order valence-electron chi connectivity index (χ4n) is 3.79. The van der Waals surface area contributed by atoms with Gasteiger partial charge < -0.3 is 9.47 Å². The van der Waals surface area contributed by atoms with Crippen molar-refractivity contribution in [2.75, 3.05) is 26.1 Å². The van der Waals surface area contributed by atoms with E-state index in [2.05, 4.69) is 27.3 Å². The molecule has 0 saturated carbocycles. The summed E-state index contributed by atoms with van der Waals surface area (Å²) in [5.74, 6) is 1.41. The minimum atomic E-state index is -0.128. The number of aromatic nitrogens is 1. The molecule has 31 heavy (non-hydrogen) atoms. The number of benzene rings is 2. The molecule has 1 aliphatic rings. The molecule has 7 heteroatoms. The first kappa shape index (κ1) is 21.3. The van der Waals surface area contributed by atoms with Crippen LogP contribution < -0.4 is 14.8 Å². The molecule has 1 amide bonds. The van der Waals surface area contributed by atoms with Crippen LogP contribution in [-0.2, 0) is 19.5 Å². The van der Waals surface area contributed by atoms with Gasteiger partial charge in [-0.25, -0.2) is 4.98 Å². The molecular formula is C24H27N3O3S. The molecule has 2 aromatic carbocycles. The van der Waals surface area contributed by atoms with E-state index in [1.807, 2.05) is 37.4 Å². The van der Waals surface area contributed by atoms with Gasteiger partial charge in [-0.2, -0.15) is 0 Å². The van der Waals surface area contributed by atoms with Crippen LogP contribution in [0.15, 0.2) is 35.7 Å². The average molecular weight is 438 g/mol. The van der Waals surface area contributed by atoms with E-state index in [0.29, 0.717) is 10.7 Å². The van der Waals surface area contributed by atoms with Gasteiger partial charge in [0.2, 0.25) is 0 Å². The van der Waals surface area contributed by atoms with Gasteiger partial charge in [-0.3, -0.25) is 15.0 Å². The van der Waals surface area contributed by atoms with Crippen LogP contribution in [0.5, 0.6) is 11.5 Å². The summed E-state index contributed by atoms with van der Waals surface area (Å²) in [5, 5.41) is 5.57. The maximum atomic E-state index is 12.5. The normalized spacial score (nSPS) is 13.5. The summed E-state index contributed by atoms with van der Waals surface area (Å²) < 4.78 is 10.9. The second-order valence-electron chi connectivity index (χ2n) is 7.83. The van der Waals surface area contributed by atoms with Crippen molar-refractivity contribution in [2.24, 2.45) is 0 Å². The van der Waals surface area contributed by atoms with Crippen LogP contribution in [-0.4, -0.2) is 36.6 Å². The van der Waals surface area contributed by atoms with Crippen molar-refractivity contribution in [2.45, 2.75) is 33.4 Å². The Morgan fingerprint density at radius 1 is 1.10 bits per heavy atom. The van der Waals surface area contributed by atoms with Gasteiger partial charge in [0, 0.05) is 30.6 Å². The van der Waals surface area contributed by atoms with E-state index in [-0.39, 0.29) is 5.91 Å². The van der Waals surface area contributed by atoms with E-state index in [9.17, 15) is 4.79 Å². The maximum Gasteiger partial charge on any atom is 0.257 e. The molecule has 0 bridgehead atoms. The summed E-state index contributed by atoms with van der Waals surface area (Å²) in [6.07, 6.45) is 0.955. The topological polar surface area (TPSA) is 63.7 Å². The highest BCUT2D eigenvalue weighted by Gasteiger charge is 2.20. The Morgan fingerprint density at radius 2 is 1.84 bits per heavy atom. The SMILES string of the molecule is COc1cc2c(cc1OC)CN(Cc1csc(NC(=O)c3ccc(C)c(C)c3)n1)CC2. The van der Waals surface area contributed by atoms with Crippen LogP contribution in [0.1, 0.15) is 38.3 Å². The lowest BCUT2D eigenvalue weighted by molar-refractivity contribution is 0.102. The van der Waals surface area contributed by atoms with Gasteiger partial charge in [0.25, 0.3) is 5.91 Å². The van der Waals surface area contributed by atoms with Crippen molar-refractivity contribution in [3.05, 3.63) is 69.2 Å². The van der Waals surface area contributed by atoms with Gasteiger partial charge in [0.1, 0.15) is 0 Å². The Hall–Kier alpha value is -2.90. The standard InChI is InChI=1S/C24H27N3O3S/c1-15-5-6-18(9-16(15)2)23(28)26-24-25-20(14-31-24)13-27-8-7-17-10-21(29-3)22(30-4)11-19(17)12-27/h5-6,9-11,14H,7-8,12-13H2,1-4H3,(H,25,26,28). The molecule has 0 spiro atoms. The number of methoxy groups -OCH3 is 2. The lowest BCUT2D eigenvalue weighted by atomic mass is 9.98. The van der Waals surface area contributed by atoms with Crippen LogP contribution in [0.3, 0.4) is 0 Å². The van der Waals surface area contributed by atoms with Crippen LogP contribution in [0.4, 0.5) is 5.13 Å². The summed E-state index contributed by atoms with van der Waals surface area (Å²) in [6, 6.07) is 9.87. The summed E-state index contributed by atoms with van der Waals surface area (Å²) in [4.78, 5) is 19.5. The molecule has 6 nitrogen and oxygen atoms in total. The molecule has 3 aromatic rings. The van der Waals surface area contributed by atoms with Crippen molar-refractivity contribution in [1.82, 2.24) is 9.88 Å². The number of fused-ring (bicyclic) bond motifs is 1. The number of nitrogens with one attached hydrogen (secondary N) is 1. The fourth-order valence-corrected chi connectivity index (χ4v) is 4.49. The third-order valence-electron chi connectivity index (χ3n) is 5.72. The molecule has 0 unspecified atom stereocenters. The average Bonchev–Trinajstić information content (AvgIpc) is 3.21. The number of anilines is 1. The monoisotopic (exact) mass is 437 g/mol. The Bertz CT molecular complexity index is 1110. The number of aryl methyl sites for hydroxylation is 2. The molecule has 0 saturated heterocycles. The van der Waals surface area contributed by atoms with Crippen molar-refractivity contribution in [3.8, 4) is 11.5 Å². The molecule has 0 aliphatic carbocycles. The number of nitrogens with zero attached hydrogens (tertiary/aromatic N) is 2. The van der Waals surface area contributed by atoms with Crippen LogP contribution in [0, 0.1) is 13.8 Å². The molecule has 0 radical (unpaired) electrons. The van der Waals surface area contributed by atoms with E-state index in [1.165, 1.54) is 28.0 Å². The summed E-state index contributed by atoms with van der Waals surface area (Å²) in [6.45, 7) is 6.57. The smallest absolute Gasteiger partial charge is 0.257 e. The Labute approximate surface area is 186 Å². The highest BCUT2D eigenvalue weighted by Crippen LogP contribution is 2.33. The zero-order valence-corrected chi connectivity index (χ0v) is 19.1. The second-order valence-corrected chi connectivity index (χ2v) is 8.69. The number of amides is 1. The highest BCUT2D eigenvalue weighted by molar-refractivity contribution is 7.14. The summed E-state index contributed by atoms with van der Waals surface area (Å²) >= 11 is 1.46. The molecule has 1 aliphatic heterocycles. The number of rotatable bonds is 6. The third-order valence-corrected chi connectivity index (χ3v) is 6.53. The van der Waals surface area contributed by atoms with Gasteiger partial charge in [0.15, 0.2) is 16.6 Å². The molecule has 1 N–H and O–H groups in total. The number of hydrogen-bond acceptors (Lipinski definition) is 6. The number of ether oxygens (including phenoxy) is 2. The molecule has 0 fully saturated rings. The zero-order chi connectivity index (χ0) is 22.0. The fraction of sp³-hybridized carbons (Fsp3) is 0.333. The summed E-state index contributed by atoms with van der Waals surface area (Å²) in [5.41, 5.74) is 6.44. The minimum absolute atomic E-state index is 0.128. The van der Waals surface area contributed by atoms with E-state index in [1.54, 1.807) is 14.2 Å². The van der Waals surface area contributed by atoms with Crippen molar-refractivity contribution in [1.29, 1.82) is 0 Å². The van der Waals surface area contributed by atoms with Gasteiger partial charge in [-0.15, -0.1) is 11.3 Å². The molecule has 2 heterocycles. The largest absolute Gasteiger partial charge is 0.493 e. The van der Waals surface area contributed by atoms with E-state index >= 15 is 0 Å². The Morgan fingerprint density at radius 3 is 2.55 bits per heavy atom. The first-order valence-corrected chi connectivity index (χ1v) is 11.1. The van der Waals surface area contributed by atoms with Gasteiger partial charge >= 0.3 is 0 Å². The molecule has 1 aromatic heterocycles. The lowest BCUT2D eigenvalue weighted by Crippen LogP contribution is -2.30.